The number of hydrogen-bond donors (Lipinski definition) is 3. The third kappa shape index (κ3) is 6.71. The van der Waals surface area contributed by atoms with Gasteiger partial charge in [-0.25, -0.2) is 14.4 Å². The van der Waals surface area contributed by atoms with Gasteiger partial charge in [0.1, 0.15) is 25.1 Å². The maximum atomic E-state index is 13.2. The highest BCUT2D eigenvalue weighted by molar-refractivity contribution is 6.31. The first kappa shape index (κ1) is 27.4. The number of halogens is 2. The fraction of sp³-hybridized carbons (Fsp3) is 0.296. The predicted octanol–water partition coefficient (Wildman–Crippen LogP) is 4.23. The average molecular weight is 566 g/mol. The number of nitrogens with one attached hydrogen (secondary N) is 3. The highest BCUT2D eigenvalue weighted by atomic mass is 35.5. The molecule has 0 aliphatic carbocycles. The van der Waals surface area contributed by atoms with Crippen LogP contribution in [0.3, 0.4) is 0 Å². The average Bonchev–Trinajstić information content (AvgIpc) is 3.44. The molecule has 11 nitrogen and oxygen atoms in total. The summed E-state index contributed by atoms with van der Waals surface area (Å²) in [4.78, 5) is 28.3. The Kier molecular flexibility index (Phi) is 8.79. The van der Waals surface area contributed by atoms with Crippen molar-refractivity contribution >= 4 is 40.6 Å². The molecule has 1 aliphatic rings. The molecule has 13 heteroatoms. The summed E-state index contributed by atoms with van der Waals surface area (Å²) in [5.41, 5.74) is 2.73. The van der Waals surface area contributed by atoms with Crippen LogP contribution in [0.2, 0.25) is 5.02 Å². The number of anilines is 4. The van der Waals surface area contributed by atoms with E-state index in [4.69, 9.17) is 16.3 Å². The SMILES string of the molecule is Cc1ccc(C(=O)Nc2ccc(Cl)c(CF)c2)cc1Nc1ncnn1-c1cc(NCCN2CCOCC2)ncn1. The monoisotopic (exact) mass is 565 g/mol. The second-order valence-electron chi connectivity index (χ2n) is 9.19. The van der Waals surface area contributed by atoms with Gasteiger partial charge < -0.3 is 20.7 Å². The largest absolute Gasteiger partial charge is 0.379 e. The van der Waals surface area contributed by atoms with E-state index < -0.39 is 6.67 Å². The molecule has 208 valence electrons. The van der Waals surface area contributed by atoms with Crippen LogP contribution >= 0.6 is 11.6 Å². The Morgan fingerprint density at radius 3 is 2.75 bits per heavy atom. The van der Waals surface area contributed by atoms with Crippen molar-refractivity contribution in [2.75, 3.05) is 55.3 Å². The Balaban J connectivity index is 1.27. The standard InChI is InChI=1S/C27H29ClFN9O2/c1-18-2-3-19(26(39)35-21-4-5-22(28)20(12-21)15-29)13-23(18)36-27-33-17-34-38(27)25-14-24(31-16-32-25)30-6-7-37-8-10-40-11-9-37/h2-5,12-14,16-17H,6-11,15H2,1H3,(H,35,39)(H,30,31,32)(H,33,34,36). The summed E-state index contributed by atoms with van der Waals surface area (Å²) >= 11 is 5.98. The van der Waals surface area contributed by atoms with Gasteiger partial charge in [-0.1, -0.05) is 17.7 Å². The number of hydrogen-bond acceptors (Lipinski definition) is 9. The summed E-state index contributed by atoms with van der Waals surface area (Å²) in [6.45, 7) is 6.18. The first-order valence-corrected chi connectivity index (χ1v) is 13.2. The number of carbonyl (C=O) groups is 1. The predicted molar refractivity (Wildman–Crippen MR) is 151 cm³/mol. The summed E-state index contributed by atoms with van der Waals surface area (Å²) in [6.07, 6.45) is 2.89. The molecule has 0 atom stereocenters. The van der Waals surface area contributed by atoms with Crippen LogP contribution in [0.1, 0.15) is 21.5 Å². The zero-order valence-electron chi connectivity index (χ0n) is 21.9. The lowest BCUT2D eigenvalue weighted by atomic mass is 10.1. The lowest BCUT2D eigenvalue weighted by Gasteiger charge is -2.26. The number of aromatic nitrogens is 5. The van der Waals surface area contributed by atoms with Crippen LogP contribution in [0, 0.1) is 6.92 Å². The summed E-state index contributed by atoms with van der Waals surface area (Å²) in [5.74, 6) is 1.28. The molecule has 0 saturated carbocycles. The maximum Gasteiger partial charge on any atom is 0.255 e. The number of alkyl halides is 1. The zero-order chi connectivity index (χ0) is 27.9. The van der Waals surface area contributed by atoms with Crippen LogP contribution in [0.4, 0.5) is 27.5 Å². The van der Waals surface area contributed by atoms with Crippen LogP contribution in [0.15, 0.2) is 55.1 Å². The third-order valence-corrected chi connectivity index (χ3v) is 6.82. The summed E-state index contributed by atoms with van der Waals surface area (Å²) < 4.78 is 20.1. The Hall–Kier alpha value is -4.13. The molecular formula is C27H29ClFN9O2. The Bertz CT molecular complexity index is 1480. The van der Waals surface area contributed by atoms with E-state index in [0.717, 1.165) is 45.0 Å². The number of rotatable bonds is 10. The van der Waals surface area contributed by atoms with Crippen molar-refractivity contribution in [2.45, 2.75) is 13.6 Å². The van der Waals surface area contributed by atoms with Gasteiger partial charge in [0.05, 0.1) is 13.2 Å². The quantitative estimate of drug-likeness (QED) is 0.259. The first-order valence-electron chi connectivity index (χ1n) is 12.8. The van der Waals surface area contributed by atoms with Gasteiger partial charge in [0.15, 0.2) is 5.82 Å². The fourth-order valence-electron chi connectivity index (χ4n) is 4.20. The highest BCUT2D eigenvalue weighted by Gasteiger charge is 2.14. The van der Waals surface area contributed by atoms with E-state index in [1.54, 1.807) is 35.0 Å². The van der Waals surface area contributed by atoms with E-state index in [1.165, 1.54) is 18.7 Å². The zero-order valence-corrected chi connectivity index (χ0v) is 22.7. The van der Waals surface area contributed by atoms with E-state index in [-0.39, 0.29) is 5.91 Å². The highest BCUT2D eigenvalue weighted by Crippen LogP contribution is 2.25. The Labute approximate surface area is 235 Å². The minimum atomic E-state index is -0.722. The van der Waals surface area contributed by atoms with Gasteiger partial charge in [-0.15, -0.1) is 0 Å². The molecule has 0 unspecified atom stereocenters. The van der Waals surface area contributed by atoms with Gasteiger partial charge in [-0.2, -0.15) is 14.8 Å². The molecule has 40 heavy (non-hydrogen) atoms. The minimum absolute atomic E-state index is 0.310. The van der Waals surface area contributed by atoms with Gasteiger partial charge in [-0.3, -0.25) is 9.69 Å². The van der Waals surface area contributed by atoms with E-state index in [0.29, 0.717) is 45.1 Å². The molecule has 1 saturated heterocycles. The van der Waals surface area contributed by atoms with Crippen LogP contribution < -0.4 is 16.0 Å². The molecule has 2 aromatic carbocycles. The van der Waals surface area contributed by atoms with Crippen molar-refractivity contribution in [3.05, 3.63) is 76.8 Å². The van der Waals surface area contributed by atoms with Gasteiger partial charge in [0, 0.05) is 59.8 Å². The van der Waals surface area contributed by atoms with Crippen molar-refractivity contribution in [3.63, 3.8) is 0 Å². The molecule has 0 bridgehead atoms. The summed E-state index contributed by atoms with van der Waals surface area (Å²) in [5, 5.41) is 14.0. The molecule has 2 aromatic heterocycles. The van der Waals surface area contributed by atoms with Gasteiger partial charge >= 0.3 is 0 Å². The molecule has 0 radical (unpaired) electrons. The number of nitrogens with zero attached hydrogens (tertiary/aromatic N) is 6. The van der Waals surface area contributed by atoms with Crippen LogP contribution in [-0.4, -0.2) is 74.9 Å². The topological polar surface area (TPSA) is 122 Å². The molecule has 5 rings (SSSR count). The van der Waals surface area contributed by atoms with E-state index in [1.807, 2.05) is 13.0 Å². The van der Waals surface area contributed by atoms with Crippen molar-refractivity contribution < 1.29 is 13.9 Å². The molecule has 1 aliphatic heterocycles. The van der Waals surface area contributed by atoms with E-state index >= 15 is 0 Å². The number of benzene rings is 2. The normalized spacial score (nSPS) is 13.7. The van der Waals surface area contributed by atoms with Crippen molar-refractivity contribution in [1.29, 1.82) is 0 Å². The smallest absolute Gasteiger partial charge is 0.255 e. The lowest BCUT2D eigenvalue weighted by Crippen LogP contribution is -2.39. The molecule has 1 amide bonds. The van der Waals surface area contributed by atoms with E-state index in [2.05, 4.69) is 40.9 Å². The number of ether oxygens (including phenoxy) is 1. The third-order valence-electron chi connectivity index (χ3n) is 6.45. The van der Waals surface area contributed by atoms with Crippen molar-refractivity contribution in [1.82, 2.24) is 29.6 Å². The number of morpholine rings is 1. The Morgan fingerprint density at radius 2 is 1.93 bits per heavy atom. The molecule has 3 heterocycles. The molecule has 1 fully saturated rings. The minimum Gasteiger partial charge on any atom is -0.379 e. The van der Waals surface area contributed by atoms with Gasteiger partial charge in [0.2, 0.25) is 5.95 Å². The van der Waals surface area contributed by atoms with Crippen LogP contribution in [0.5, 0.6) is 0 Å². The van der Waals surface area contributed by atoms with Crippen LogP contribution in [0.25, 0.3) is 5.82 Å². The number of carbonyl (C=O) groups excluding carboxylic acids is 1. The van der Waals surface area contributed by atoms with E-state index in [9.17, 15) is 9.18 Å². The first-order chi connectivity index (χ1) is 19.5. The number of aryl methyl sites for hydroxylation is 1. The fourth-order valence-corrected chi connectivity index (χ4v) is 4.37. The second-order valence-corrected chi connectivity index (χ2v) is 9.59. The molecule has 0 spiro atoms. The summed E-state index contributed by atoms with van der Waals surface area (Å²) in [6, 6.07) is 11.8. The Morgan fingerprint density at radius 1 is 1.07 bits per heavy atom. The van der Waals surface area contributed by atoms with Gasteiger partial charge in [-0.05, 0) is 42.8 Å². The van der Waals surface area contributed by atoms with Gasteiger partial charge in [0.25, 0.3) is 5.91 Å². The second kappa shape index (κ2) is 12.8. The molecule has 4 aromatic rings. The number of amides is 1. The summed E-state index contributed by atoms with van der Waals surface area (Å²) in [7, 11) is 0. The molecule has 3 N–H and O–H groups in total. The maximum absolute atomic E-state index is 13.2. The van der Waals surface area contributed by atoms with Crippen molar-refractivity contribution in [2.24, 2.45) is 0 Å². The molecular weight excluding hydrogens is 537 g/mol. The van der Waals surface area contributed by atoms with Crippen LogP contribution in [-0.2, 0) is 11.4 Å². The van der Waals surface area contributed by atoms with Crippen molar-refractivity contribution in [3.8, 4) is 5.82 Å². The lowest BCUT2D eigenvalue weighted by molar-refractivity contribution is 0.0398.